The Bertz CT molecular complexity index is 561. The van der Waals surface area contributed by atoms with E-state index in [9.17, 15) is 4.39 Å². The number of benzene rings is 2. The fourth-order valence-corrected chi connectivity index (χ4v) is 2.44. The molecule has 3 rings (SSSR count). The van der Waals surface area contributed by atoms with E-state index >= 15 is 0 Å². The first-order chi connectivity index (χ1) is 9.76. The Hall–Kier alpha value is -2.03. The molecule has 0 spiro atoms. The van der Waals surface area contributed by atoms with Crippen LogP contribution in [0.25, 0.3) is 0 Å². The van der Waals surface area contributed by atoms with Gasteiger partial charge in [-0.25, -0.2) is 4.39 Å². The van der Waals surface area contributed by atoms with Crippen LogP contribution in [0.1, 0.15) is 24.4 Å². The van der Waals surface area contributed by atoms with Crippen LogP contribution < -0.4 is 10.1 Å². The Balaban J connectivity index is 1.78. The normalized spacial score (nSPS) is 15.7. The number of halogens is 1. The van der Waals surface area contributed by atoms with Gasteiger partial charge in [0.05, 0.1) is 13.2 Å². The van der Waals surface area contributed by atoms with Crippen molar-refractivity contribution in [3.8, 4) is 5.75 Å². The largest absolute Gasteiger partial charge is 0.497 e. The molecule has 1 unspecified atom stereocenters. The molecule has 2 aromatic carbocycles. The zero-order chi connectivity index (χ0) is 13.9. The van der Waals surface area contributed by atoms with E-state index in [-0.39, 0.29) is 11.9 Å². The Morgan fingerprint density at radius 3 is 2.25 bits per heavy atom. The maximum absolute atomic E-state index is 13.0. The number of ether oxygens (including phenoxy) is 1. The van der Waals surface area contributed by atoms with Crippen molar-refractivity contribution in [1.29, 1.82) is 0 Å². The van der Waals surface area contributed by atoms with Crippen LogP contribution in [0.3, 0.4) is 0 Å². The minimum Gasteiger partial charge on any atom is -0.497 e. The van der Waals surface area contributed by atoms with Crippen molar-refractivity contribution < 1.29 is 9.13 Å². The van der Waals surface area contributed by atoms with Crippen LogP contribution in [0.15, 0.2) is 48.5 Å². The average Bonchev–Trinajstić information content (AvgIpc) is 3.31. The predicted molar refractivity (Wildman–Crippen MR) is 78.5 cm³/mol. The number of hydrogen-bond donors (Lipinski definition) is 1. The fourth-order valence-electron chi connectivity index (χ4n) is 2.44. The molecule has 1 aliphatic carbocycles. The van der Waals surface area contributed by atoms with E-state index in [1.165, 1.54) is 25.0 Å². The van der Waals surface area contributed by atoms with Gasteiger partial charge in [-0.2, -0.15) is 0 Å². The van der Waals surface area contributed by atoms with E-state index in [1.54, 1.807) is 7.11 Å². The molecule has 3 heteroatoms. The summed E-state index contributed by atoms with van der Waals surface area (Å²) < 4.78 is 18.2. The van der Waals surface area contributed by atoms with Crippen LogP contribution in [-0.4, -0.2) is 7.11 Å². The Kier molecular flexibility index (Phi) is 3.59. The van der Waals surface area contributed by atoms with Gasteiger partial charge in [-0.1, -0.05) is 12.1 Å². The van der Waals surface area contributed by atoms with Crippen LogP contribution in [-0.2, 0) is 0 Å². The second-order valence-corrected chi connectivity index (χ2v) is 5.24. The summed E-state index contributed by atoms with van der Waals surface area (Å²) in [5.41, 5.74) is 2.21. The number of rotatable bonds is 5. The maximum Gasteiger partial charge on any atom is 0.123 e. The first kappa shape index (κ1) is 13.0. The second-order valence-electron chi connectivity index (χ2n) is 5.24. The third-order valence-corrected chi connectivity index (χ3v) is 3.73. The monoisotopic (exact) mass is 271 g/mol. The lowest BCUT2D eigenvalue weighted by Crippen LogP contribution is -2.12. The molecule has 1 fully saturated rings. The van der Waals surface area contributed by atoms with Gasteiger partial charge < -0.3 is 10.1 Å². The summed E-state index contributed by atoms with van der Waals surface area (Å²) in [7, 11) is 1.66. The fraction of sp³-hybridized carbons (Fsp3) is 0.294. The lowest BCUT2D eigenvalue weighted by molar-refractivity contribution is 0.415. The van der Waals surface area contributed by atoms with Crippen molar-refractivity contribution in [1.82, 2.24) is 0 Å². The Morgan fingerprint density at radius 1 is 1.05 bits per heavy atom. The standard InChI is InChI=1S/C17H18FNO/c1-20-16-10-8-15(9-11-16)19-17(12-2-3-12)13-4-6-14(18)7-5-13/h4-12,17,19H,2-3H2,1H3. The van der Waals surface area contributed by atoms with Gasteiger partial charge in [0.25, 0.3) is 0 Å². The molecule has 1 aliphatic rings. The first-order valence-corrected chi connectivity index (χ1v) is 6.92. The van der Waals surface area contributed by atoms with Crippen LogP contribution in [0.5, 0.6) is 5.75 Å². The molecule has 0 aliphatic heterocycles. The highest BCUT2D eigenvalue weighted by Gasteiger charge is 2.32. The van der Waals surface area contributed by atoms with Gasteiger partial charge in [0.1, 0.15) is 11.6 Å². The van der Waals surface area contributed by atoms with Crippen molar-refractivity contribution in [2.45, 2.75) is 18.9 Å². The second kappa shape index (κ2) is 5.53. The van der Waals surface area contributed by atoms with E-state index in [4.69, 9.17) is 4.74 Å². The van der Waals surface area contributed by atoms with E-state index in [0.717, 1.165) is 17.0 Å². The summed E-state index contributed by atoms with van der Waals surface area (Å²) in [6, 6.07) is 15.0. The zero-order valence-electron chi connectivity index (χ0n) is 11.5. The summed E-state index contributed by atoms with van der Waals surface area (Å²) in [4.78, 5) is 0. The summed E-state index contributed by atoms with van der Waals surface area (Å²) >= 11 is 0. The molecule has 1 N–H and O–H groups in total. The number of nitrogens with one attached hydrogen (secondary N) is 1. The molecule has 0 heterocycles. The van der Waals surface area contributed by atoms with Crippen LogP contribution in [0.2, 0.25) is 0 Å². The molecule has 0 saturated heterocycles. The highest BCUT2D eigenvalue weighted by molar-refractivity contribution is 5.48. The molecule has 2 aromatic rings. The topological polar surface area (TPSA) is 21.3 Å². The molecular weight excluding hydrogens is 253 g/mol. The molecule has 0 aromatic heterocycles. The Morgan fingerprint density at radius 2 is 1.70 bits per heavy atom. The summed E-state index contributed by atoms with van der Waals surface area (Å²) in [6.07, 6.45) is 2.45. The van der Waals surface area contributed by atoms with Crippen LogP contribution >= 0.6 is 0 Å². The highest BCUT2D eigenvalue weighted by Crippen LogP contribution is 2.43. The molecule has 104 valence electrons. The quantitative estimate of drug-likeness (QED) is 0.870. The van der Waals surface area contributed by atoms with Gasteiger partial charge in [-0.3, -0.25) is 0 Å². The van der Waals surface area contributed by atoms with Crippen molar-refractivity contribution in [3.05, 3.63) is 59.9 Å². The van der Waals surface area contributed by atoms with Crippen molar-refractivity contribution in [3.63, 3.8) is 0 Å². The van der Waals surface area contributed by atoms with Gasteiger partial charge in [0, 0.05) is 5.69 Å². The van der Waals surface area contributed by atoms with Gasteiger partial charge in [0.2, 0.25) is 0 Å². The number of methoxy groups -OCH3 is 1. The van der Waals surface area contributed by atoms with Gasteiger partial charge in [-0.15, -0.1) is 0 Å². The van der Waals surface area contributed by atoms with Crippen molar-refractivity contribution in [2.24, 2.45) is 5.92 Å². The minimum absolute atomic E-state index is 0.187. The van der Waals surface area contributed by atoms with Crippen molar-refractivity contribution in [2.75, 3.05) is 12.4 Å². The predicted octanol–water partition coefficient (Wildman–Crippen LogP) is 4.40. The number of anilines is 1. The molecule has 1 atom stereocenters. The molecular formula is C17H18FNO. The minimum atomic E-state index is -0.187. The smallest absolute Gasteiger partial charge is 0.123 e. The van der Waals surface area contributed by atoms with Gasteiger partial charge in [-0.05, 0) is 60.7 Å². The van der Waals surface area contributed by atoms with E-state index in [0.29, 0.717) is 5.92 Å². The summed E-state index contributed by atoms with van der Waals surface area (Å²) in [5.74, 6) is 1.30. The van der Waals surface area contributed by atoms with E-state index in [1.807, 2.05) is 36.4 Å². The molecule has 1 saturated carbocycles. The summed E-state index contributed by atoms with van der Waals surface area (Å²) in [5, 5.41) is 3.55. The molecule has 0 amide bonds. The van der Waals surface area contributed by atoms with Crippen LogP contribution in [0, 0.1) is 11.7 Å². The first-order valence-electron chi connectivity index (χ1n) is 6.92. The van der Waals surface area contributed by atoms with Gasteiger partial charge >= 0.3 is 0 Å². The number of hydrogen-bond acceptors (Lipinski definition) is 2. The average molecular weight is 271 g/mol. The molecule has 20 heavy (non-hydrogen) atoms. The van der Waals surface area contributed by atoms with E-state index < -0.39 is 0 Å². The van der Waals surface area contributed by atoms with Gasteiger partial charge in [0.15, 0.2) is 0 Å². The third kappa shape index (κ3) is 2.93. The highest BCUT2D eigenvalue weighted by atomic mass is 19.1. The van der Waals surface area contributed by atoms with E-state index in [2.05, 4.69) is 5.32 Å². The Labute approximate surface area is 118 Å². The molecule has 2 nitrogen and oxygen atoms in total. The third-order valence-electron chi connectivity index (χ3n) is 3.73. The lowest BCUT2D eigenvalue weighted by atomic mass is 10.0. The SMILES string of the molecule is COc1ccc(NC(c2ccc(F)cc2)C2CC2)cc1. The molecule has 0 radical (unpaired) electrons. The maximum atomic E-state index is 13.0. The summed E-state index contributed by atoms with van der Waals surface area (Å²) in [6.45, 7) is 0. The van der Waals surface area contributed by atoms with Crippen molar-refractivity contribution >= 4 is 5.69 Å². The molecule has 0 bridgehead atoms. The zero-order valence-corrected chi connectivity index (χ0v) is 11.5. The van der Waals surface area contributed by atoms with Crippen LogP contribution in [0.4, 0.5) is 10.1 Å². The lowest BCUT2D eigenvalue weighted by Gasteiger charge is -2.20.